The highest BCUT2D eigenvalue weighted by Gasteiger charge is 2.31. The van der Waals surface area contributed by atoms with Crippen molar-refractivity contribution in [2.75, 3.05) is 32.8 Å². The molecule has 28 heavy (non-hydrogen) atoms. The molecule has 1 atom stereocenters. The number of carbonyl (C=O) groups is 2. The summed E-state index contributed by atoms with van der Waals surface area (Å²) in [6.07, 6.45) is 1.31. The van der Waals surface area contributed by atoms with E-state index >= 15 is 0 Å². The molecule has 3 rings (SSSR count). The van der Waals surface area contributed by atoms with Crippen molar-refractivity contribution >= 4 is 21.8 Å². The molecule has 2 heterocycles. The van der Waals surface area contributed by atoms with Crippen LogP contribution in [-0.2, 0) is 19.6 Å². The lowest BCUT2D eigenvalue weighted by Crippen LogP contribution is -2.52. The van der Waals surface area contributed by atoms with E-state index in [-0.39, 0.29) is 28.9 Å². The van der Waals surface area contributed by atoms with E-state index in [0.717, 1.165) is 12.8 Å². The van der Waals surface area contributed by atoms with Crippen LogP contribution in [0.25, 0.3) is 0 Å². The molecular weight excluding hydrogens is 382 g/mol. The first kappa shape index (κ1) is 20.8. The highest BCUT2D eigenvalue weighted by atomic mass is 32.2. The van der Waals surface area contributed by atoms with Crippen LogP contribution >= 0.6 is 0 Å². The van der Waals surface area contributed by atoms with Crippen molar-refractivity contribution in [3.8, 4) is 0 Å². The number of piperazine rings is 1. The Labute approximate surface area is 165 Å². The minimum atomic E-state index is -3.66. The fourth-order valence-electron chi connectivity index (χ4n) is 3.46. The highest BCUT2D eigenvalue weighted by Crippen LogP contribution is 2.18. The molecule has 0 aromatic heterocycles. The Morgan fingerprint density at radius 2 is 1.82 bits per heavy atom. The average molecular weight is 410 g/mol. The predicted molar refractivity (Wildman–Crippen MR) is 103 cm³/mol. The van der Waals surface area contributed by atoms with Gasteiger partial charge in [-0.3, -0.25) is 9.59 Å². The van der Waals surface area contributed by atoms with Gasteiger partial charge in [0.2, 0.25) is 10.0 Å². The lowest BCUT2D eigenvalue weighted by atomic mass is 10.1. The summed E-state index contributed by atoms with van der Waals surface area (Å²) in [6.45, 7) is 5.85. The third-order valence-corrected chi connectivity index (χ3v) is 6.52. The lowest BCUT2D eigenvalue weighted by Gasteiger charge is -2.35. The maximum atomic E-state index is 12.8. The predicted octanol–water partition coefficient (Wildman–Crippen LogP) is 0.837. The van der Waals surface area contributed by atoms with E-state index in [4.69, 9.17) is 4.74 Å². The van der Waals surface area contributed by atoms with Gasteiger partial charge in [0.15, 0.2) is 0 Å². The smallest absolute Gasteiger partial charge is 0.254 e. The van der Waals surface area contributed by atoms with Crippen LogP contribution in [0.15, 0.2) is 29.2 Å². The van der Waals surface area contributed by atoms with Crippen molar-refractivity contribution in [2.24, 2.45) is 0 Å². The van der Waals surface area contributed by atoms with Crippen LogP contribution in [0, 0.1) is 0 Å². The zero-order valence-electron chi connectivity index (χ0n) is 16.3. The molecule has 8 nitrogen and oxygen atoms in total. The number of nitrogens with zero attached hydrogens (tertiary/aromatic N) is 2. The zero-order chi connectivity index (χ0) is 20.3. The molecule has 1 unspecified atom stereocenters. The van der Waals surface area contributed by atoms with Gasteiger partial charge >= 0.3 is 0 Å². The summed E-state index contributed by atoms with van der Waals surface area (Å²) in [4.78, 5) is 28.7. The summed E-state index contributed by atoms with van der Waals surface area (Å²) in [5.74, 6) is -0.233. The number of sulfonamides is 1. The monoisotopic (exact) mass is 409 g/mol. The van der Waals surface area contributed by atoms with Crippen LogP contribution in [0.4, 0.5) is 0 Å². The second-order valence-corrected chi connectivity index (χ2v) is 9.14. The molecule has 2 saturated heterocycles. The second kappa shape index (κ2) is 8.59. The summed E-state index contributed by atoms with van der Waals surface area (Å²) in [7, 11) is -3.66. The van der Waals surface area contributed by atoms with Crippen LogP contribution in [0.2, 0.25) is 0 Å². The fourth-order valence-corrected chi connectivity index (χ4v) is 4.76. The summed E-state index contributed by atoms with van der Waals surface area (Å²) in [6, 6.07) is 5.81. The van der Waals surface area contributed by atoms with Crippen molar-refractivity contribution in [1.29, 1.82) is 0 Å². The molecule has 0 saturated carbocycles. The van der Waals surface area contributed by atoms with Gasteiger partial charge in [-0.25, -0.2) is 13.1 Å². The first-order chi connectivity index (χ1) is 13.3. The number of rotatable bonds is 5. The number of hydrogen-bond donors (Lipinski definition) is 1. The van der Waals surface area contributed by atoms with Crippen LogP contribution < -0.4 is 4.72 Å². The molecule has 9 heteroatoms. The van der Waals surface area contributed by atoms with Gasteiger partial charge in [-0.1, -0.05) is 6.07 Å². The number of amides is 2. The van der Waals surface area contributed by atoms with E-state index in [1.807, 2.05) is 0 Å². The third-order valence-electron chi connectivity index (χ3n) is 4.87. The normalized spacial score (nSPS) is 20.6. The van der Waals surface area contributed by atoms with Gasteiger partial charge in [-0.15, -0.1) is 0 Å². The Bertz CT molecular complexity index is 826. The van der Waals surface area contributed by atoms with Gasteiger partial charge in [0.05, 0.1) is 4.90 Å². The fraction of sp³-hybridized carbons (Fsp3) is 0.579. The summed E-state index contributed by atoms with van der Waals surface area (Å²) in [5.41, 5.74) is 0.325. The average Bonchev–Trinajstić information content (AvgIpc) is 3.21. The number of ether oxygens (including phenoxy) is 1. The van der Waals surface area contributed by atoms with E-state index < -0.39 is 10.0 Å². The number of hydrogen-bond acceptors (Lipinski definition) is 5. The molecule has 154 valence electrons. The molecule has 2 aliphatic heterocycles. The van der Waals surface area contributed by atoms with E-state index in [1.165, 1.54) is 12.1 Å². The van der Waals surface area contributed by atoms with Crippen LogP contribution in [0.5, 0.6) is 0 Å². The Balaban J connectivity index is 1.64. The van der Waals surface area contributed by atoms with Crippen molar-refractivity contribution in [1.82, 2.24) is 14.5 Å². The topological polar surface area (TPSA) is 96.0 Å². The van der Waals surface area contributed by atoms with E-state index in [2.05, 4.69) is 4.72 Å². The van der Waals surface area contributed by atoms with Crippen LogP contribution in [0.3, 0.4) is 0 Å². The van der Waals surface area contributed by atoms with Gasteiger partial charge in [-0.2, -0.15) is 0 Å². The summed E-state index contributed by atoms with van der Waals surface area (Å²) < 4.78 is 32.7. The van der Waals surface area contributed by atoms with Gasteiger partial charge < -0.3 is 14.5 Å². The molecule has 1 aromatic rings. The number of nitrogens with one attached hydrogen (secondary N) is 1. The van der Waals surface area contributed by atoms with Gasteiger partial charge in [0, 0.05) is 44.4 Å². The number of carbonyl (C=O) groups excluding carboxylic acids is 2. The van der Waals surface area contributed by atoms with Crippen molar-refractivity contribution in [3.63, 3.8) is 0 Å². The lowest BCUT2D eigenvalue weighted by molar-refractivity contribution is -0.142. The largest absolute Gasteiger partial charge is 0.368 e. The maximum Gasteiger partial charge on any atom is 0.254 e. The first-order valence-corrected chi connectivity index (χ1v) is 11.1. The molecule has 2 fully saturated rings. The van der Waals surface area contributed by atoms with Gasteiger partial charge in [0.1, 0.15) is 6.10 Å². The van der Waals surface area contributed by atoms with Crippen molar-refractivity contribution in [2.45, 2.75) is 43.7 Å². The SMILES string of the molecule is CC(C)NS(=O)(=O)c1cccc(C(=O)N2CCN(C(=O)C3CCCO3)CC2)c1. The molecule has 2 aliphatic rings. The van der Waals surface area contributed by atoms with E-state index in [1.54, 1.807) is 35.8 Å². The minimum absolute atomic E-state index is 0.00236. The molecule has 0 spiro atoms. The minimum Gasteiger partial charge on any atom is -0.368 e. The molecular formula is C19H27N3O5S. The Morgan fingerprint density at radius 3 is 2.43 bits per heavy atom. The standard InChI is InChI=1S/C19H27N3O5S/c1-14(2)20-28(25,26)16-6-3-5-15(13-16)18(23)21-8-10-22(11-9-21)19(24)17-7-4-12-27-17/h3,5-6,13-14,17,20H,4,7-12H2,1-2H3. The summed E-state index contributed by atoms with van der Waals surface area (Å²) in [5, 5.41) is 0. The Hall–Kier alpha value is -1.97. The summed E-state index contributed by atoms with van der Waals surface area (Å²) >= 11 is 0. The molecule has 0 radical (unpaired) electrons. The number of benzene rings is 1. The first-order valence-electron chi connectivity index (χ1n) is 9.60. The molecule has 0 bridgehead atoms. The molecule has 2 amide bonds. The van der Waals surface area contributed by atoms with Crippen LogP contribution in [-0.4, -0.2) is 75.0 Å². The highest BCUT2D eigenvalue weighted by molar-refractivity contribution is 7.89. The Kier molecular flexibility index (Phi) is 6.36. The molecule has 1 aromatic carbocycles. The maximum absolute atomic E-state index is 12.8. The van der Waals surface area contributed by atoms with Gasteiger partial charge in [0.25, 0.3) is 11.8 Å². The zero-order valence-corrected chi connectivity index (χ0v) is 17.1. The second-order valence-electron chi connectivity index (χ2n) is 7.42. The Morgan fingerprint density at radius 1 is 1.14 bits per heavy atom. The van der Waals surface area contributed by atoms with Crippen LogP contribution in [0.1, 0.15) is 37.0 Å². The molecule has 1 N–H and O–H groups in total. The van der Waals surface area contributed by atoms with Crippen molar-refractivity contribution < 1.29 is 22.7 Å². The van der Waals surface area contributed by atoms with E-state index in [0.29, 0.717) is 38.3 Å². The van der Waals surface area contributed by atoms with Crippen molar-refractivity contribution in [3.05, 3.63) is 29.8 Å². The van der Waals surface area contributed by atoms with E-state index in [9.17, 15) is 18.0 Å². The van der Waals surface area contributed by atoms with Gasteiger partial charge in [-0.05, 0) is 44.9 Å². The molecule has 0 aliphatic carbocycles. The third kappa shape index (κ3) is 4.71. The quantitative estimate of drug-likeness (QED) is 0.777.